The van der Waals surface area contributed by atoms with Gasteiger partial charge in [-0.25, -0.2) is 9.97 Å². The first-order valence-corrected chi connectivity index (χ1v) is 7.54. The minimum absolute atomic E-state index is 0.322. The zero-order valence-electron chi connectivity index (χ0n) is 12.3. The number of benzene rings is 1. The van der Waals surface area contributed by atoms with E-state index in [-0.39, 0.29) is 0 Å². The fourth-order valence-corrected chi connectivity index (χ4v) is 3.26. The smallest absolute Gasteiger partial charge is 0.134 e. The molecule has 0 unspecified atom stereocenters. The second-order valence-corrected chi connectivity index (χ2v) is 5.89. The molecule has 5 heteroatoms. The van der Waals surface area contributed by atoms with Crippen LogP contribution in [-0.2, 0) is 0 Å². The zero-order valence-corrected chi connectivity index (χ0v) is 13.0. The topological polar surface area (TPSA) is 41.1 Å². The van der Waals surface area contributed by atoms with Crippen LogP contribution in [0.5, 0.6) is 0 Å². The van der Waals surface area contributed by atoms with E-state index in [4.69, 9.17) is 11.6 Å². The van der Waals surface area contributed by atoms with Gasteiger partial charge in [0, 0.05) is 18.7 Å². The molecule has 2 atom stereocenters. The number of likely N-dealkylation sites (N-methyl/N-ethyl adjacent to an activating group) is 1. The molecule has 0 bridgehead atoms. The van der Waals surface area contributed by atoms with E-state index in [0.717, 1.165) is 18.8 Å². The molecule has 4 nitrogen and oxygen atoms in total. The van der Waals surface area contributed by atoms with Crippen LogP contribution in [0.4, 0.5) is 5.82 Å². The Kier molecular flexibility index (Phi) is 4.08. The van der Waals surface area contributed by atoms with Gasteiger partial charge in [-0.05, 0) is 26.0 Å². The van der Waals surface area contributed by atoms with E-state index >= 15 is 0 Å². The monoisotopic (exact) mass is 302 g/mol. The first-order chi connectivity index (χ1) is 10.1. The van der Waals surface area contributed by atoms with Crippen LogP contribution in [0.3, 0.4) is 0 Å². The number of halogens is 1. The SMILES string of the molecule is Cc1nc(Cl)cc(N[C@@H]2CCN(C)[C@H]2c2ccccc2)n1. The number of nitrogens with one attached hydrogen (secondary N) is 1. The van der Waals surface area contributed by atoms with Gasteiger partial charge in [-0.1, -0.05) is 41.9 Å². The van der Waals surface area contributed by atoms with Crippen LogP contribution in [0.2, 0.25) is 5.15 Å². The molecule has 1 saturated heterocycles. The quantitative estimate of drug-likeness (QED) is 0.883. The van der Waals surface area contributed by atoms with Crippen LogP contribution in [0.25, 0.3) is 0 Å². The summed E-state index contributed by atoms with van der Waals surface area (Å²) in [6.07, 6.45) is 1.08. The highest BCUT2D eigenvalue weighted by atomic mass is 35.5. The number of nitrogens with zero attached hydrogens (tertiary/aromatic N) is 3. The first-order valence-electron chi connectivity index (χ1n) is 7.16. The van der Waals surface area contributed by atoms with Gasteiger partial charge in [0.1, 0.15) is 16.8 Å². The third-order valence-electron chi connectivity index (χ3n) is 3.93. The number of aryl methyl sites for hydroxylation is 1. The molecule has 1 fully saturated rings. The molecule has 1 aliphatic heterocycles. The average molecular weight is 303 g/mol. The number of aromatic nitrogens is 2. The highest BCUT2D eigenvalue weighted by molar-refractivity contribution is 6.29. The molecular weight excluding hydrogens is 284 g/mol. The van der Waals surface area contributed by atoms with Crippen LogP contribution >= 0.6 is 11.6 Å². The standard InChI is InChI=1S/C16H19ClN4/c1-11-18-14(17)10-15(19-11)20-13-8-9-21(2)16(13)12-6-4-3-5-7-12/h3-7,10,13,16H,8-9H2,1-2H3,(H,18,19,20)/t13-,16+/m1/s1. The number of rotatable bonds is 3. The molecule has 21 heavy (non-hydrogen) atoms. The third-order valence-corrected chi connectivity index (χ3v) is 4.12. The van der Waals surface area contributed by atoms with Crippen molar-refractivity contribution < 1.29 is 0 Å². The molecule has 0 radical (unpaired) electrons. The van der Waals surface area contributed by atoms with Gasteiger partial charge in [-0.3, -0.25) is 4.90 Å². The summed E-state index contributed by atoms with van der Waals surface area (Å²) >= 11 is 6.02. The Hall–Kier alpha value is -1.65. The van der Waals surface area contributed by atoms with Gasteiger partial charge in [0.2, 0.25) is 0 Å². The Morgan fingerprint density at radius 2 is 2.00 bits per heavy atom. The summed E-state index contributed by atoms with van der Waals surface area (Å²) in [5.74, 6) is 1.49. The molecule has 1 aliphatic rings. The second-order valence-electron chi connectivity index (χ2n) is 5.50. The number of anilines is 1. The molecular formula is C16H19ClN4. The van der Waals surface area contributed by atoms with Gasteiger partial charge < -0.3 is 5.32 Å². The molecule has 1 N–H and O–H groups in total. The largest absolute Gasteiger partial charge is 0.365 e. The van der Waals surface area contributed by atoms with Gasteiger partial charge in [0.05, 0.1) is 6.04 Å². The zero-order chi connectivity index (χ0) is 14.8. The van der Waals surface area contributed by atoms with Gasteiger partial charge >= 0.3 is 0 Å². The lowest BCUT2D eigenvalue weighted by Gasteiger charge is -2.26. The summed E-state index contributed by atoms with van der Waals surface area (Å²) in [6.45, 7) is 2.92. The maximum atomic E-state index is 6.02. The first kappa shape index (κ1) is 14.3. The maximum absolute atomic E-state index is 6.02. The van der Waals surface area contributed by atoms with Crippen molar-refractivity contribution in [2.75, 3.05) is 18.9 Å². The molecule has 0 spiro atoms. The molecule has 0 amide bonds. The van der Waals surface area contributed by atoms with Crippen molar-refractivity contribution in [3.05, 3.63) is 52.9 Å². The van der Waals surface area contributed by atoms with E-state index in [0.29, 0.717) is 23.1 Å². The van der Waals surface area contributed by atoms with Crippen molar-refractivity contribution in [2.45, 2.75) is 25.4 Å². The molecule has 1 aromatic carbocycles. The summed E-state index contributed by atoms with van der Waals surface area (Å²) in [7, 11) is 2.16. The van der Waals surface area contributed by atoms with Crippen LogP contribution in [0.1, 0.15) is 23.9 Å². The lowest BCUT2D eigenvalue weighted by molar-refractivity contribution is 0.309. The van der Waals surface area contributed by atoms with Gasteiger partial charge in [0.25, 0.3) is 0 Å². The van der Waals surface area contributed by atoms with Crippen LogP contribution in [0, 0.1) is 6.92 Å². The van der Waals surface area contributed by atoms with Gasteiger partial charge in [0.15, 0.2) is 0 Å². The number of hydrogen-bond acceptors (Lipinski definition) is 4. The fourth-order valence-electron chi connectivity index (χ4n) is 3.03. The van der Waals surface area contributed by atoms with Gasteiger partial charge in [-0.15, -0.1) is 0 Å². The van der Waals surface area contributed by atoms with E-state index in [1.54, 1.807) is 6.07 Å². The summed E-state index contributed by atoms with van der Waals surface area (Å²) in [5.41, 5.74) is 1.33. The Morgan fingerprint density at radius 1 is 1.24 bits per heavy atom. The maximum Gasteiger partial charge on any atom is 0.134 e. The van der Waals surface area contributed by atoms with E-state index in [1.165, 1.54) is 5.56 Å². The van der Waals surface area contributed by atoms with Crippen molar-refractivity contribution >= 4 is 17.4 Å². The summed E-state index contributed by atoms with van der Waals surface area (Å²) in [5, 5.41) is 4.00. The molecule has 2 aromatic rings. The van der Waals surface area contributed by atoms with Crippen LogP contribution in [0.15, 0.2) is 36.4 Å². The molecule has 110 valence electrons. The van der Waals surface area contributed by atoms with Crippen LogP contribution in [-0.4, -0.2) is 34.5 Å². The van der Waals surface area contributed by atoms with E-state index in [1.807, 2.05) is 6.92 Å². The highest BCUT2D eigenvalue weighted by Gasteiger charge is 2.33. The Morgan fingerprint density at radius 3 is 2.71 bits per heavy atom. The van der Waals surface area contributed by atoms with Crippen LogP contribution < -0.4 is 5.32 Å². The van der Waals surface area contributed by atoms with Crippen molar-refractivity contribution in [1.82, 2.24) is 14.9 Å². The van der Waals surface area contributed by atoms with Gasteiger partial charge in [-0.2, -0.15) is 0 Å². The van der Waals surface area contributed by atoms with E-state index in [2.05, 4.69) is 57.6 Å². The predicted molar refractivity (Wildman–Crippen MR) is 85.6 cm³/mol. The summed E-state index contributed by atoms with van der Waals surface area (Å²) < 4.78 is 0. The molecule has 1 aromatic heterocycles. The molecule has 0 saturated carbocycles. The number of likely N-dealkylation sites (tertiary alicyclic amines) is 1. The van der Waals surface area contributed by atoms with E-state index < -0.39 is 0 Å². The molecule has 3 rings (SSSR count). The lowest BCUT2D eigenvalue weighted by atomic mass is 10.0. The van der Waals surface area contributed by atoms with Crippen molar-refractivity contribution in [2.24, 2.45) is 0 Å². The molecule has 0 aliphatic carbocycles. The second kappa shape index (κ2) is 6.00. The average Bonchev–Trinajstić information content (AvgIpc) is 2.79. The Labute approximate surface area is 130 Å². The lowest BCUT2D eigenvalue weighted by Crippen LogP contribution is -2.29. The molecule has 2 heterocycles. The number of hydrogen-bond donors (Lipinski definition) is 1. The highest BCUT2D eigenvalue weighted by Crippen LogP contribution is 2.32. The summed E-state index contributed by atoms with van der Waals surface area (Å²) in [4.78, 5) is 10.9. The normalized spacial score (nSPS) is 22.4. The minimum atomic E-state index is 0.322. The predicted octanol–water partition coefficient (Wildman–Crippen LogP) is 3.30. The van der Waals surface area contributed by atoms with Crippen molar-refractivity contribution in [3.63, 3.8) is 0 Å². The van der Waals surface area contributed by atoms with Crippen molar-refractivity contribution in [1.29, 1.82) is 0 Å². The van der Waals surface area contributed by atoms with E-state index in [9.17, 15) is 0 Å². The van der Waals surface area contributed by atoms with Crippen molar-refractivity contribution in [3.8, 4) is 0 Å². The fraction of sp³-hybridized carbons (Fsp3) is 0.375. The summed E-state index contributed by atoms with van der Waals surface area (Å²) in [6, 6.07) is 13.0. The minimum Gasteiger partial charge on any atom is -0.365 e. The Balaban J connectivity index is 1.84. The Bertz CT molecular complexity index is 597. The third kappa shape index (κ3) is 3.17.